The lowest BCUT2D eigenvalue weighted by Gasteiger charge is -2.23. The number of carboxylic acids is 1. The summed E-state index contributed by atoms with van der Waals surface area (Å²) >= 11 is 0. The second-order valence-electron chi connectivity index (χ2n) is 4.88. The standard InChI is InChI=1S/C14H18FNO3/c1-9(2)12(14(18)19)13(17)16(3)8-10-4-6-11(15)7-5-10/h4-7,9,12H,8H2,1-3H3,(H,18,19). The van der Waals surface area contributed by atoms with Crippen LogP contribution < -0.4 is 0 Å². The van der Waals surface area contributed by atoms with Gasteiger partial charge in [0.1, 0.15) is 11.7 Å². The van der Waals surface area contributed by atoms with E-state index in [0.717, 1.165) is 5.56 Å². The van der Waals surface area contributed by atoms with Gasteiger partial charge in [0.05, 0.1) is 0 Å². The van der Waals surface area contributed by atoms with Crippen LogP contribution in [0, 0.1) is 17.7 Å². The van der Waals surface area contributed by atoms with E-state index in [1.807, 2.05) is 0 Å². The van der Waals surface area contributed by atoms with Gasteiger partial charge in [0.25, 0.3) is 0 Å². The fourth-order valence-corrected chi connectivity index (χ4v) is 1.85. The molecule has 0 spiro atoms. The quantitative estimate of drug-likeness (QED) is 0.831. The molecule has 0 radical (unpaired) electrons. The van der Waals surface area contributed by atoms with Crippen LogP contribution in [0.1, 0.15) is 19.4 Å². The maximum atomic E-state index is 12.8. The lowest BCUT2D eigenvalue weighted by atomic mass is 9.94. The molecule has 0 aliphatic rings. The van der Waals surface area contributed by atoms with Crippen molar-refractivity contribution in [2.24, 2.45) is 11.8 Å². The summed E-state index contributed by atoms with van der Waals surface area (Å²) in [5, 5.41) is 9.07. The highest BCUT2D eigenvalue weighted by atomic mass is 19.1. The lowest BCUT2D eigenvalue weighted by molar-refractivity contribution is -0.152. The van der Waals surface area contributed by atoms with Gasteiger partial charge >= 0.3 is 5.97 Å². The van der Waals surface area contributed by atoms with Gasteiger partial charge in [0.2, 0.25) is 5.91 Å². The highest BCUT2D eigenvalue weighted by Crippen LogP contribution is 2.16. The SMILES string of the molecule is CC(C)C(C(=O)O)C(=O)N(C)Cc1ccc(F)cc1. The van der Waals surface area contributed by atoms with Gasteiger partial charge in [0.15, 0.2) is 0 Å². The number of amides is 1. The first-order chi connectivity index (χ1) is 8.82. The largest absolute Gasteiger partial charge is 0.481 e. The van der Waals surface area contributed by atoms with E-state index in [0.29, 0.717) is 0 Å². The Labute approximate surface area is 111 Å². The van der Waals surface area contributed by atoms with E-state index < -0.39 is 17.8 Å². The number of nitrogens with zero attached hydrogens (tertiary/aromatic N) is 1. The number of halogens is 1. The summed E-state index contributed by atoms with van der Waals surface area (Å²) in [5.41, 5.74) is 0.755. The van der Waals surface area contributed by atoms with Crippen LogP contribution in [0.2, 0.25) is 0 Å². The molecule has 0 heterocycles. The number of hydrogen-bond donors (Lipinski definition) is 1. The highest BCUT2D eigenvalue weighted by Gasteiger charge is 2.31. The average molecular weight is 267 g/mol. The number of rotatable bonds is 5. The Kier molecular flexibility index (Phi) is 5.03. The molecule has 0 aliphatic heterocycles. The number of hydrogen-bond acceptors (Lipinski definition) is 2. The fourth-order valence-electron chi connectivity index (χ4n) is 1.85. The predicted octanol–water partition coefficient (Wildman–Crippen LogP) is 2.14. The van der Waals surface area contributed by atoms with Gasteiger partial charge in [-0.3, -0.25) is 9.59 Å². The minimum absolute atomic E-state index is 0.260. The zero-order valence-electron chi connectivity index (χ0n) is 11.3. The Morgan fingerprint density at radius 1 is 1.26 bits per heavy atom. The van der Waals surface area contributed by atoms with Crippen LogP contribution in [-0.4, -0.2) is 28.9 Å². The molecule has 19 heavy (non-hydrogen) atoms. The van der Waals surface area contributed by atoms with Crippen LogP contribution in [0.5, 0.6) is 0 Å². The Morgan fingerprint density at radius 3 is 2.21 bits per heavy atom. The van der Waals surface area contributed by atoms with E-state index in [1.165, 1.54) is 17.0 Å². The van der Waals surface area contributed by atoms with Crippen molar-refractivity contribution in [1.82, 2.24) is 4.90 Å². The van der Waals surface area contributed by atoms with Crippen molar-refractivity contribution in [3.05, 3.63) is 35.6 Å². The van der Waals surface area contributed by atoms with Crippen LogP contribution in [0.3, 0.4) is 0 Å². The normalized spacial score (nSPS) is 12.3. The minimum atomic E-state index is -1.12. The summed E-state index contributed by atoms with van der Waals surface area (Å²) in [6.07, 6.45) is 0. The molecule has 0 bridgehead atoms. The fraction of sp³-hybridized carbons (Fsp3) is 0.429. The third-order valence-corrected chi connectivity index (χ3v) is 2.91. The van der Waals surface area contributed by atoms with E-state index in [1.54, 1.807) is 33.0 Å². The zero-order valence-corrected chi connectivity index (χ0v) is 11.3. The van der Waals surface area contributed by atoms with Crippen molar-refractivity contribution < 1.29 is 19.1 Å². The van der Waals surface area contributed by atoms with Crippen molar-refractivity contribution >= 4 is 11.9 Å². The molecule has 104 valence electrons. The molecule has 1 N–H and O–H groups in total. The topological polar surface area (TPSA) is 57.6 Å². The monoisotopic (exact) mass is 267 g/mol. The number of aliphatic carboxylic acids is 1. The van der Waals surface area contributed by atoms with Crippen molar-refractivity contribution in [2.75, 3.05) is 7.05 Å². The van der Waals surface area contributed by atoms with Gasteiger partial charge in [-0.1, -0.05) is 26.0 Å². The van der Waals surface area contributed by atoms with E-state index in [9.17, 15) is 14.0 Å². The summed E-state index contributed by atoms with van der Waals surface area (Å²) in [4.78, 5) is 24.5. The van der Waals surface area contributed by atoms with E-state index in [-0.39, 0.29) is 18.3 Å². The van der Waals surface area contributed by atoms with Crippen molar-refractivity contribution in [2.45, 2.75) is 20.4 Å². The molecule has 1 aromatic carbocycles. The smallest absolute Gasteiger partial charge is 0.316 e. The molecular weight excluding hydrogens is 249 g/mol. The van der Waals surface area contributed by atoms with Gasteiger partial charge in [-0.15, -0.1) is 0 Å². The molecule has 1 rings (SSSR count). The van der Waals surface area contributed by atoms with Gasteiger partial charge in [0, 0.05) is 13.6 Å². The van der Waals surface area contributed by atoms with Crippen LogP contribution >= 0.6 is 0 Å². The maximum Gasteiger partial charge on any atom is 0.316 e. The average Bonchev–Trinajstić information content (AvgIpc) is 2.31. The van der Waals surface area contributed by atoms with E-state index in [2.05, 4.69) is 0 Å². The second-order valence-corrected chi connectivity index (χ2v) is 4.88. The second kappa shape index (κ2) is 6.31. The van der Waals surface area contributed by atoms with E-state index >= 15 is 0 Å². The van der Waals surface area contributed by atoms with E-state index in [4.69, 9.17) is 5.11 Å². The molecule has 0 aliphatic carbocycles. The van der Waals surface area contributed by atoms with Crippen LogP contribution in [0.15, 0.2) is 24.3 Å². The first-order valence-corrected chi connectivity index (χ1v) is 6.05. The van der Waals surface area contributed by atoms with Crippen molar-refractivity contribution in [1.29, 1.82) is 0 Å². The molecule has 1 unspecified atom stereocenters. The predicted molar refractivity (Wildman–Crippen MR) is 68.8 cm³/mol. The lowest BCUT2D eigenvalue weighted by Crippen LogP contribution is -2.39. The Balaban J connectivity index is 2.76. The third-order valence-electron chi connectivity index (χ3n) is 2.91. The molecular formula is C14H18FNO3. The maximum absolute atomic E-state index is 12.8. The number of carbonyl (C=O) groups is 2. The Morgan fingerprint density at radius 2 is 1.79 bits per heavy atom. The van der Waals surface area contributed by atoms with Crippen LogP contribution in [0.4, 0.5) is 4.39 Å². The summed E-state index contributed by atoms with van der Waals surface area (Å²) in [6, 6.07) is 5.77. The number of carbonyl (C=O) groups excluding carboxylic acids is 1. The third kappa shape index (κ3) is 4.05. The summed E-state index contributed by atoms with van der Waals surface area (Å²) in [6.45, 7) is 3.65. The minimum Gasteiger partial charge on any atom is -0.481 e. The molecule has 0 fully saturated rings. The molecule has 0 aromatic heterocycles. The molecule has 0 saturated carbocycles. The number of benzene rings is 1. The van der Waals surface area contributed by atoms with Crippen LogP contribution in [-0.2, 0) is 16.1 Å². The van der Waals surface area contributed by atoms with Crippen molar-refractivity contribution in [3.8, 4) is 0 Å². The first kappa shape index (κ1) is 15.1. The Bertz CT molecular complexity index is 456. The summed E-state index contributed by atoms with van der Waals surface area (Å²) < 4.78 is 12.8. The molecule has 1 aromatic rings. The zero-order chi connectivity index (χ0) is 14.6. The summed E-state index contributed by atoms with van der Waals surface area (Å²) in [7, 11) is 1.55. The molecule has 0 saturated heterocycles. The molecule has 1 amide bonds. The van der Waals surface area contributed by atoms with Gasteiger partial charge < -0.3 is 10.0 Å². The van der Waals surface area contributed by atoms with Gasteiger partial charge in [-0.2, -0.15) is 0 Å². The molecule has 1 atom stereocenters. The van der Waals surface area contributed by atoms with Gasteiger partial charge in [-0.05, 0) is 23.6 Å². The van der Waals surface area contributed by atoms with Crippen molar-refractivity contribution in [3.63, 3.8) is 0 Å². The Hall–Kier alpha value is -1.91. The molecule has 4 nitrogen and oxygen atoms in total. The number of carboxylic acid groups (broad SMARTS) is 1. The first-order valence-electron chi connectivity index (χ1n) is 6.05. The summed E-state index contributed by atoms with van der Waals surface area (Å²) in [5.74, 6) is -3.23. The molecule has 5 heteroatoms. The van der Waals surface area contributed by atoms with Gasteiger partial charge in [-0.25, -0.2) is 4.39 Å². The highest BCUT2D eigenvalue weighted by molar-refractivity contribution is 5.97. The van der Waals surface area contributed by atoms with Crippen LogP contribution in [0.25, 0.3) is 0 Å².